The summed E-state index contributed by atoms with van der Waals surface area (Å²) in [6.45, 7) is 0.202. The summed E-state index contributed by atoms with van der Waals surface area (Å²) < 4.78 is 68.1. The van der Waals surface area contributed by atoms with E-state index in [1.807, 2.05) is 0 Å². The molecule has 7 nitrogen and oxygen atoms in total. The number of alkyl halides is 5. The maximum absolute atomic E-state index is 13.5. The van der Waals surface area contributed by atoms with Gasteiger partial charge in [0, 0.05) is 50.1 Å². The van der Waals surface area contributed by atoms with Gasteiger partial charge < -0.3 is 10.2 Å². The van der Waals surface area contributed by atoms with E-state index in [1.54, 1.807) is 36.3 Å². The largest absolute Gasteiger partial charge is 0.419 e. The monoisotopic (exact) mass is 466 g/mol. The van der Waals surface area contributed by atoms with Crippen LogP contribution in [-0.2, 0) is 13.2 Å². The SMILES string of the molecule is Cn1cc(-c2cccc(C(=O)Nc3cc(N4CCC(C(F)F)C4)ncc3C(F)(F)F)n2)cn1. The molecule has 4 heterocycles. The lowest BCUT2D eigenvalue weighted by molar-refractivity contribution is -0.137. The Hall–Kier alpha value is -3.57. The molecule has 0 aromatic carbocycles. The van der Waals surface area contributed by atoms with Crippen molar-refractivity contribution in [2.24, 2.45) is 13.0 Å². The summed E-state index contributed by atoms with van der Waals surface area (Å²) in [6.07, 6.45) is -3.28. The van der Waals surface area contributed by atoms with Crippen molar-refractivity contribution in [3.63, 3.8) is 0 Å². The standard InChI is InChI=1S/C21H19F5N6O/c1-31-10-13(8-28-31)15-3-2-4-16(29-15)20(33)30-17-7-18(27-9-14(17)21(24,25)26)32-6-5-12(11-32)19(22)23/h2-4,7-10,12,19H,5-6,11H2,1H3,(H,27,30,33). The summed E-state index contributed by atoms with van der Waals surface area (Å²) in [4.78, 5) is 22.3. The zero-order chi connectivity index (χ0) is 23.8. The van der Waals surface area contributed by atoms with E-state index in [2.05, 4.69) is 20.4 Å². The predicted octanol–water partition coefficient (Wildman–Crippen LogP) is 4.24. The zero-order valence-electron chi connectivity index (χ0n) is 17.4. The normalized spacial score (nSPS) is 16.5. The Morgan fingerprint density at radius 2 is 2.03 bits per heavy atom. The third kappa shape index (κ3) is 4.94. The Morgan fingerprint density at radius 1 is 1.24 bits per heavy atom. The third-order valence-corrected chi connectivity index (χ3v) is 5.33. The van der Waals surface area contributed by atoms with Gasteiger partial charge in [0.15, 0.2) is 0 Å². The Balaban J connectivity index is 1.61. The number of carbonyl (C=O) groups excluding carboxylic acids is 1. The highest BCUT2D eigenvalue weighted by Gasteiger charge is 2.36. The summed E-state index contributed by atoms with van der Waals surface area (Å²) in [6, 6.07) is 5.63. The van der Waals surface area contributed by atoms with Crippen LogP contribution in [0.2, 0.25) is 0 Å². The molecular formula is C21H19F5N6O. The van der Waals surface area contributed by atoms with Crippen LogP contribution in [0.3, 0.4) is 0 Å². The molecule has 1 N–H and O–H groups in total. The number of pyridine rings is 2. The van der Waals surface area contributed by atoms with Crippen molar-refractivity contribution < 1.29 is 26.7 Å². The highest BCUT2D eigenvalue weighted by molar-refractivity contribution is 6.03. The van der Waals surface area contributed by atoms with Crippen molar-refractivity contribution >= 4 is 17.4 Å². The number of rotatable bonds is 5. The fourth-order valence-electron chi connectivity index (χ4n) is 3.61. The first-order valence-electron chi connectivity index (χ1n) is 9.99. The molecule has 1 amide bonds. The number of nitrogens with zero attached hydrogens (tertiary/aromatic N) is 5. The van der Waals surface area contributed by atoms with Crippen LogP contribution in [-0.4, -0.2) is 45.2 Å². The second-order valence-corrected chi connectivity index (χ2v) is 7.68. The van der Waals surface area contributed by atoms with Crippen LogP contribution in [0.4, 0.5) is 33.5 Å². The number of aromatic nitrogens is 4. The molecule has 3 aromatic rings. The summed E-state index contributed by atoms with van der Waals surface area (Å²) in [5.74, 6) is -1.65. The molecule has 0 radical (unpaired) electrons. The molecule has 3 aromatic heterocycles. The average Bonchev–Trinajstić information content (AvgIpc) is 3.42. The van der Waals surface area contributed by atoms with Gasteiger partial charge in [-0.25, -0.2) is 18.7 Å². The first kappa shape index (κ1) is 22.6. The van der Waals surface area contributed by atoms with E-state index in [9.17, 15) is 26.7 Å². The Morgan fingerprint density at radius 3 is 2.67 bits per heavy atom. The number of aryl methyl sites for hydroxylation is 1. The molecule has 0 saturated carbocycles. The Labute approximate surface area is 185 Å². The van der Waals surface area contributed by atoms with E-state index in [1.165, 1.54) is 11.0 Å². The molecule has 1 unspecified atom stereocenters. The molecule has 1 aliphatic heterocycles. The number of anilines is 2. The molecular weight excluding hydrogens is 447 g/mol. The molecule has 0 bridgehead atoms. The second kappa shape index (κ2) is 8.75. The first-order chi connectivity index (χ1) is 15.6. The van der Waals surface area contributed by atoms with E-state index in [0.717, 1.165) is 6.07 Å². The number of amides is 1. The average molecular weight is 466 g/mol. The number of hydrogen-bond donors (Lipinski definition) is 1. The fourth-order valence-corrected chi connectivity index (χ4v) is 3.61. The smallest absolute Gasteiger partial charge is 0.356 e. The van der Waals surface area contributed by atoms with Crippen LogP contribution in [0.25, 0.3) is 11.3 Å². The molecule has 1 saturated heterocycles. The molecule has 12 heteroatoms. The third-order valence-electron chi connectivity index (χ3n) is 5.33. The lowest BCUT2D eigenvalue weighted by Crippen LogP contribution is -2.24. The van der Waals surface area contributed by atoms with Crippen molar-refractivity contribution in [1.29, 1.82) is 0 Å². The van der Waals surface area contributed by atoms with E-state index in [0.29, 0.717) is 17.5 Å². The van der Waals surface area contributed by atoms with E-state index < -0.39 is 35.7 Å². The lowest BCUT2D eigenvalue weighted by Gasteiger charge is -2.20. The molecule has 4 rings (SSSR count). The van der Waals surface area contributed by atoms with Crippen molar-refractivity contribution in [3.8, 4) is 11.3 Å². The van der Waals surface area contributed by atoms with Gasteiger partial charge in [-0.05, 0) is 18.6 Å². The van der Waals surface area contributed by atoms with Crippen LogP contribution in [0.5, 0.6) is 0 Å². The van der Waals surface area contributed by atoms with Crippen molar-refractivity contribution in [3.05, 3.63) is 54.1 Å². The molecule has 174 valence electrons. The van der Waals surface area contributed by atoms with E-state index in [-0.39, 0.29) is 31.0 Å². The fraction of sp³-hybridized carbons (Fsp3) is 0.333. The molecule has 1 aliphatic rings. The zero-order valence-corrected chi connectivity index (χ0v) is 17.4. The van der Waals surface area contributed by atoms with E-state index >= 15 is 0 Å². The number of halogens is 5. The topological polar surface area (TPSA) is 75.9 Å². The number of hydrogen-bond acceptors (Lipinski definition) is 5. The van der Waals surface area contributed by atoms with Crippen LogP contribution < -0.4 is 10.2 Å². The van der Waals surface area contributed by atoms with Gasteiger partial charge in [0.05, 0.1) is 23.1 Å². The quantitative estimate of drug-likeness (QED) is 0.570. The second-order valence-electron chi connectivity index (χ2n) is 7.68. The highest BCUT2D eigenvalue weighted by atomic mass is 19.4. The minimum Gasteiger partial charge on any atom is -0.356 e. The maximum Gasteiger partial charge on any atom is 0.419 e. The van der Waals surface area contributed by atoms with Gasteiger partial charge >= 0.3 is 6.18 Å². The Bertz CT molecular complexity index is 1160. The van der Waals surface area contributed by atoms with Crippen LogP contribution in [0.15, 0.2) is 42.9 Å². The van der Waals surface area contributed by atoms with Crippen molar-refractivity contribution in [1.82, 2.24) is 19.7 Å². The Kier molecular flexibility index (Phi) is 6.00. The van der Waals surface area contributed by atoms with Gasteiger partial charge in [-0.2, -0.15) is 18.3 Å². The molecule has 0 aliphatic carbocycles. The minimum absolute atomic E-state index is 0.0296. The summed E-state index contributed by atoms with van der Waals surface area (Å²) in [5.41, 5.74) is -0.699. The van der Waals surface area contributed by atoms with Crippen molar-refractivity contribution in [2.45, 2.75) is 19.0 Å². The van der Waals surface area contributed by atoms with Gasteiger partial charge in [0.1, 0.15) is 11.5 Å². The number of carbonyl (C=O) groups is 1. The van der Waals surface area contributed by atoms with Crippen LogP contribution in [0.1, 0.15) is 22.5 Å². The maximum atomic E-state index is 13.5. The lowest BCUT2D eigenvalue weighted by atomic mass is 10.1. The summed E-state index contributed by atoms with van der Waals surface area (Å²) in [5, 5.41) is 6.29. The summed E-state index contributed by atoms with van der Waals surface area (Å²) in [7, 11) is 1.71. The first-order valence-corrected chi connectivity index (χ1v) is 9.99. The number of nitrogens with one attached hydrogen (secondary N) is 1. The molecule has 0 spiro atoms. The van der Waals surface area contributed by atoms with E-state index in [4.69, 9.17) is 0 Å². The molecule has 33 heavy (non-hydrogen) atoms. The summed E-state index contributed by atoms with van der Waals surface area (Å²) >= 11 is 0. The van der Waals surface area contributed by atoms with Gasteiger partial charge in [0.25, 0.3) is 5.91 Å². The minimum atomic E-state index is -4.78. The molecule has 1 atom stereocenters. The van der Waals surface area contributed by atoms with Crippen LogP contribution >= 0.6 is 0 Å². The molecule has 1 fully saturated rings. The van der Waals surface area contributed by atoms with Gasteiger partial charge in [0.2, 0.25) is 6.43 Å². The highest BCUT2D eigenvalue weighted by Crippen LogP contribution is 2.37. The van der Waals surface area contributed by atoms with Crippen LogP contribution in [0, 0.1) is 5.92 Å². The van der Waals surface area contributed by atoms with Crippen molar-refractivity contribution in [2.75, 3.05) is 23.3 Å². The van der Waals surface area contributed by atoms with Gasteiger partial charge in [-0.3, -0.25) is 9.48 Å². The van der Waals surface area contributed by atoms with Gasteiger partial charge in [-0.1, -0.05) is 6.07 Å². The van der Waals surface area contributed by atoms with Gasteiger partial charge in [-0.15, -0.1) is 0 Å². The predicted molar refractivity (Wildman–Crippen MR) is 110 cm³/mol.